The first-order valence-electron chi connectivity index (χ1n) is 7.07. The zero-order chi connectivity index (χ0) is 15.5. The van der Waals surface area contributed by atoms with Gasteiger partial charge in [0.1, 0.15) is 0 Å². The van der Waals surface area contributed by atoms with Crippen molar-refractivity contribution < 1.29 is 8.42 Å². The second-order valence-electron chi connectivity index (χ2n) is 6.00. The summed E-state index contributed by atoms with van der Waals surface area (Å²) in [5.41, 5.74) is 1.12. The molecule has 0 bridgehead atoms. The molecule has 5 nitrogen and oxygen atoms in total. The number of benzene rings is 1. The van der Waals surface area contributed by atoms with Gasteiger partial charge >= 0.3 is 0 Å². The van der Waals surface area contributed by atoms with Crippen molar-refractivity contribution in [2.75, 3.05) is 19.6 Å². The molecule has 22 heavy (non-hydrogen) atoms. The van der Waals surface area contributed by atoms with Crippen LogP contribution in [0.15, 0.2) is 23.1 Å². The van der Waals surface area contributed by atoms with Gasteiger partial charge in [0, 0.05) is 13.1 Å². The smallest absolute Gasteiger partial charge is 0.240 e. The van der Waals surface area contributed by atoms with Gasteiger partial charge in [-0.2, -0.15) is 5.26 Å². The van der Waals surface area contributed by atoms with Gasteiger partial charge in [-0.3, -0.25) is 0 Å². The molecule has 1 aromatic carbocycles. The van der Waals surface area contributed by atoms with Gasteiger partial charge in [-0.15, -0.1) is 12.4 Å². The molecule has 0 aromatic heterocycles. The number of hydrogen-bond acceptors (Lipinski definition) is 4. The molecule has 1 heterocycles. The normalized spacial score (nSPS) is 21.7. The van der Waals surface area contributed by atoms with Gasteiger partial charge in [0.05, 0.1) is 16.5 Å². The molecule has 1 unspecified atom stereocenters. The topological polar surface area (TPSA) is 82.0 Å². The monoisotopic (exact) mass is 343 g/mol. The lowest BCUT2D eigenvalue weighted by Crippen LogP contribution is -2.45. The van der Waals surface area contributed by atoms with Crippen LogP contribution in [0.5, 0.6) is 0 Å². The van der Waals surface area contributed by atoms with Gasteiger partial charge in [0.15, 0.2) is 0 Å². The molecule has 1 aliphatic heterocycles. The lowest BCUT2D eigenvalue weighted by Gasteiger charge is -2.34. The van der Waals surface area contributed by atoms with Gasteiger partial charge in [0.2, 0.25) is 10.0 Å². The molecule has 0 saturated carbocycles. The van der Waals surface area contributed by atoms with Crippen molar-refractivity contribution in [3.63, 3.8) is 0 Å². The molecule has 1 saturated heterocycles. The molecule has 1 aliphatic rings. The molecular formula is C15H22ClN3O2S. The Morgan fingerprint density at radius 3 is 2.73 bits per heavy atom. The van der Waals surface area contributed by atoms with E-state index in [1.54, 1.807) is 19.1 Å². The lowest BCUT2D eigenvalue weighted by atomic mass is 9.83. The maximum absolute atomic E-state index is 12.4. The maximum Gasteiger partial charge on any atom is 0.240 e. The molecule has 1 fully saturated rings. The standard InChI is InChI=1S/C15H21N3O2S.ClH/c1-12-8-14(5-4-13(12)9-16)21(19,20)18-11-15(2)6-3-7-17-10-15;/h4-5,8,17-18H,3,6-7,10-11H2,1-2H3;1H. The number of nitriles is 1. The molecule has 0 aliphatic carbocycles. The Bertz CT molecular complexity index is 662. The minimum atomic E-state index is -3.53. The van der Waals surface area contributed by atoms with E-state index in [-0.39, 0.29) is 22.7 Å². The van der Waals surface area contributed by atoms with E-state index >= 15 is 0 Å². The minimum Gasteiger partial charge on any atom is -0.316 e. The summed E-state index contributed by atoms with van der Waals surface area (Å²) >= 11 is 0. The van der Waals surface area contributed by atoms with E-state index in [1.807, 2.05) is 6.07 Å². The fraction of sp³-hybridized carbons (Fsp3) is 0.533. The molecule has 7 heteroatoms. The van der Waals surface area contributed by atoms with E-state index in [0.29, 0.717) is 17.7 Å². The van der Waals surface area contributed by atoms with Crippen molar-refractivity contribution in [3.8, 4) is 6.07 Å². The van der Waals surface area contributed by atoms with Crippen LogP contribution in [0.4, 0.5) is 0 Å². The number of sulfonamides is 1. The van der Waals surface area contributed by atoms with Gasteiger partial charge in [-0.25, -0.2) is 13.1 Å². The Labute approximate surface area is 138 Å². The Balaban J connectivity index is 0.00000242. The highest BCUT2D eigenvalue weighted by molar-refractivity contribution is 7.89. The highest BCUT2D eigenvalue weighted by Gasteiger charge is 2.28. The summed E-state index contributed by atoms with van der Waals surface area (Å²) in [6.45, 7) is 6.07. The summed E-state index contributed by atoms with van der Waals surface area (Å²) in [5, 5.41) is 12.2. The fourth-order valence-corrected chi connectivity index (χ4v) is 3.84. The third-order valence-corrected chi connectivity index (χ3v) is 5.40. The molecule has 1 aromatic rings. The second kappa shape index (κ2) is 7.42. The predicted molar refractivity (Wildman–Crippen MR) is 88.5 cm³/mol. The van der Waals surface area contributed by atoms with E-state index in [0.717, 1.165) is 25.9 Å². The zero-order valence-electron chi connectivity index (χ0n) is 12.8. The first-order valence-corrected chi connectivity index (χ1v) is 8.56. The van der Waals surface area contributed by atoms with Crippen LogP contribution in [0.3, 0.4) is 0 Å². The van der Waals surface area contributed by atoms with Gasteiger partial charge in [0.25, 0.3) is 0 Å². The zero-order valence-corrected chi connectivity index (χ0v) is 14.5. The van der Waals surface area contributed by atoms with Crippen LogP contribution < -0.4 is 10.0 Å². The summed E-state index contributed by atoms with van der Waals surface area (Å²) < 4.78 is 27.4. The van der Waals surface area contributed by atoms with Crippen molar-refractivity contribution >= 4 is 22.4 Å². The van der Waals surface area contributed by atoms with Crippen molar-refractivity contribution in [3.05, 3.63) is 29.3 Å². The Morgan fingerprint density at radius 2 is 2.18 bits per heavy atom. The molecule has 1 atom stereocenters. The number of nitrogens with one attached hydrogen (secondary N) is 2. The van der Waals surface area contributed by atoms with Crippen molar-refractivity contribution in [2.24, 2.45) is 5.41 Å². The van der Waals surface area contributed by atoms with Gasteiger partial charge in [-0.1, -0.05) is 6.92 Å². The molecule has 2 N–H and O–H groups in total. The molecule has 0 radical (unpaired) electrons. The number of rotatable bonds is 4. The average molecular weight is 344 g/mol. The number of nitrogens with zero attached hydrogens (tertiary/aromatic N) is 1. The van der Waals surface area contributed by atoms with Crippen LogP contribution in [0.1, 0.15) is 30.9 Å². The summed E-state index contributed by atoms with van der Waals surface area (Å²) in [6, 6.07) is 6.61. The van der Waals surface area contributed by atoms with Crippen LogP contribution in [0.2, 0.25) is 0 Å². The molecule has 0 spiro atoms. The van der Waals surface area contributed by atoms with E-state index < -0.39 is 10.0 Å². The average Bonchev–Trinajstić information content (AvgIpc) is 2.46. The fourth-order valence-electron chi connectivity index (χ4n) is 2.55. The molecular weight excluding hydrogens is 322 g/mol. The van der Waals surface area contributed by atoms with E-state index in [1.165, 1.54) is 6.07 Å². The largest absolute Gasteiger partial charge is 0.316 e. The van der Waals surface area contributed by atoms with Crippen LogP contribution in [0.25, 0.3) is 0 Å². The first-order chi connectivity index (χ1) is 9.86. The van der Waals surface area contributed by atoms with Crippen molar-refractivity contribution in [1.82, 2.24) is 10.0 Å². The minimum absolute atomic E-state index is 0. The van der Waals surface area contributed by atoms with Gasteiger partial charge < -0.3 is 5.32 Å². The van der Waals surface area contributed by atoms with Crippen LogP contribution in [-0.4, -0.2) is 28.1 Å². The van der Waals surface area contributed by atoms with E-state index in [4.69, 9.17) is 5.26 Å². The quantitative estimate of drug-likeness (QED) is 0.875. The Hall–Kier alpha value is -1.13. The number of aryl methyl sites for hydroxylation is 1. The van der Waals surface area contributed by atoms with Gasteiger partial charge in [-0.05, 0) is 55.5 Å². The van der Waals surface area contributed by atoms with Crippen LogP contribution in [-0.2, 0) is 10.0 Å². The third-order valence-electron chi connectivity index (χ3n) is 4.00. The third kappa shape index (κ3) is 4.43. The summed E-state index contributed by atoms with van der Waals surface area (Å²) in [6.07, 6.45) is 2.07. The molecule has 0 amide bonds. The number of piperidine rings is 1. The van der Waals surface area contributed by atoms with Crippen molar-refractivity contribution in [1.29, 1.82) is 5.26 Å². The Kier molecular flexibility index (Phi) is 6.38. The summed E-state index contributed by atoms with van der Waals surface area (Å²) in [5.74, 6) is 0. The SMILES string of the molecule is Cc1cc(S(=O)(=O)NCC2(C)CCCNC2)ccc1C#N.Cl. The number of halogens is 1. The van der Waals surface area contributed by atoms with E-state index in [2.05, 4.69) is 17.0 Å². The van der Waals surface area contributed by atoms with Crippen LogP contribution >= 0.6 is 12.4 Å². The van der Waals surface area contributed by atoms with Crippen LogP contribution in [0, 0.1) is 23.7 Å². The predicted octanol–water partition coefficient (Wildman–Crippen LogP) is 1.96. The highest BCUT2D eigenvalue weighted by Crippen LogP contribution is 2.25. The summed E-state index contributed by atoms with van der Waals surface area (Å²) in [4.78, 5) is 0.214. The molecule has 2 rings (SSSR count). The summed E-state index contributed by atoms with van der Waals surface area (Å²) in [7, 11) is -3.53. The van der Waals surface area contributed by atoms with Crippen molar-refractivity contribution in [2.45, 2.75) is 31.6 Å². The van der Waals surface area contributed by atoms with E-state index in [9.17, 15) is 8.42 Å². The number of hydrogen-bond donors (Lipinski definition) is 2. The molecule has 122 valence electrons. The Morgan fingerprint density at radius 1 is 1.45 bits per heavy atom. The first kappa shape index (κ1) is 18.9. The second-order valence-corrected chi connectivity index (χ2v) is 7.77. The highest BCUT2D eigenvalue weighted by atomic mass is 35.5. The lowest BCUT2D eigenvalue weighted by molar-refractivity contribution is 0.238. The maximum atomic E-state index is 12.4.